The average molecular weight is 220 g/mol. The Morgan fingerprint density at radius 2 is 2.12 bits per heavy atom. The maximum Gasteiger partial charge on any atom is 0.120 e. The molecule has 1 N–H and O–H groups in total. The van der Waals surface area contributed by atoms with Crippen molar-refractivity contribution in [3.8, 4) is 6.07 Å². The summed E-state index contributed by atoms with van der Waals surface area (Å²) in [4.78, 5) is 1.85. The van der Waals surface area contributed by atoms with E-state index >= 15 is 0 Å². The number of nitriles is 1. The number of rotatable bonds is 2. The number of benzene rings is 1. The predicted octanol–water partition coefficient (Wildman–Crippen LogP) is 1.47. The average Bonchev–Trinajstić information content (AvgIpc) is 2.70. The van der Waals surface area contributed by atoms with E-state index in [4.69, 9.17) is 10.4 Å². The van der Waals surface area contributed by atoms with Gasteiger partial charge in [-0.25, -0.2) is 4.39 Å². The number of anilines is 1. The molecule has 4 heteroatoms. The molecule has 0 radical (unpaired) electrons. The molecule has 16 heavy (non-hydrogen) atoms. The van der Waals surface area contributed by atoms with Crippen molar-refractivity contribution in [2.24, 2.45) is 0 Å². The summed E-state index contributed by atoms with van der Waals surface area (Å²) in [6.07, 6.45) is -0.510. The molecule has 2 rings (SSSR count). The van der Waals surface area contributed by atoms with Crippen LogP contribution in [0.4, 0.5) is 10.1 Å². The van der Waals surface area contributed by atoms with Crippen LogP contribution < -0.4 is 4.90 Å². The summed E-state index contributed by atoms with van der Waals surface area (Å²) in [7, 11) is 0. The molecular formula is C12H13FN2O. The van der Waals surface area contributed by atoms with Crippen molar-refractivity contribution >= 4 is 5.69 Å². The van der Waals surface area contributed by atoms with Gasteiger partial charge in [0.15, 0.2) is 0 Å². The lowest BCUT2D eigenvalue weighted by molar-refractivity contribution is 0.255. The van der Waals surface area contributed by atoms with Gasteiger partial charge in [0.2, 0.25) is 0 Å². The topological polar surface area (TPSA) is 47.3 Å². The minimum absolute atomic E-state index is 0.0412. The Kier molecular flexibility index (Phi) is 3.07. The van der Waals surface area contributed by atoms with Gasteiger partial charge >= 0.3 is 0 Å². The van der Waals surface area contributed by atoms with Crippen molar-refractivity contribution in [3.63, 3.8) is 0 Å². The molecule has 1 heterocycles. The summed E-state index contributed by atoms with van der Waals surface area (Å²) < 4.78 is 13.2. The summed E-state index contributed by atoms with van der Waals surface area (Å²) in [5.74, 6) is 0. The molecule has 1 saturated heterocycles. The van der Waals surface area contributed by atoms with Gasteiger partial charge in [0, 0.05) is 18.7 Å². The highest BCUT2D eigenvalue weighted by molar-refractivity contribution is 5.51. The molecule has 0 aromatic heterocycles. The van der Waals surface area contributed by atoms with Crippen LogP contribution >= 0.6 is 0 Å². The van der Waals surface area contributed by atoms with Gasteiger partial charge in [-0.15, -0.1) is 0 Å². The first kappa shape index (κ1) is 10.9. The van der Waals surface area contributed by atoms with Gasteiger partial charge in [-0.3, -0.25) is 0 Å². The van der Waals surface area contributed by atoms with Crippen molar-refractivity contribution < 1.29 is 9.50 Å². The summed E-state index contributed by atoms with van der Waals surface area (Å²) >= 11 is 0. The lowest BCUT2D eigenvalue weighted by Gasteiger charge is -2.24. The number of halogens is 1. The molecule has 0 spiro atoms. The Balaban J connectivity index is 2.20. The molecule has 0 unspecified atom stereocenters. The van der Waals surface area contributed by atoms with E-state index in [1.807, 2.05) is 11.0 Å². The Labute approximate surface area is 93.7 Å². The van der Waals surface area contributed by atoms with Gasteiger partial charge < -0.3 is 10.0 Å². The Bertz CT molecular complexity index is 398. The molecule has 84 valence electrons. The standard InChI is InChI=1S/C12H13FN2O/c13-10-5-12(8-16)15(7-10)11-3-1-9(6-14)2-4-11/h1-4,10,12,16H,5,7-8H2/t10-,12-/m0/s1. The third kappa shape index (κ3) is 2.00. The van der Waals surface area contributed by atoms with Crippen LogP contribution in [0.2, 0.25) is 0 Å². The Morgan fingerprint density at radius 3 is 2.69 bits per heavy atom. The van der Waals surface area contributed by atoms with E-state index < -0.39 is 6.17 Å². The molecule has 0 bridgehead atoms. The second-order valence-corrected chi connectivity index (χ2v) is 3.98. The van der Waals surface area contributed by atoms with Crippen LogP contribution in [0, 0.1) is 11.3 Å². The van der Waals surface area contributed by atoms with Crippen LogP contribution in [0.15, 0.2) is 24.3 Å². The maximum absolute atomic E-state index is 13.2. The molecule has 1 aliphatic rings. The number of aliphatic hydroxyl groups is 1. The van der Waals surface area contributed by atoms with Crippen molar-refractivity contribution in [2.45, 2.75) is 18.6 Å². The van der Waals surface area contributed by atoms with Gasteiger partial charge in [0.25, 0.3) is 0 Å². The first-order valence-corrected chi connectivity index (χ1v) is 5.26. The fourth-order valence-electron chi connectivity index (χ4n) is 2.08. The zero-order valence-corrected chi connectivity index (χ0v) is 8.81. The quantitative estimate of drug-likeness (QED) is 0.821. The van der Waals surface area contributed by atoms with E-state index in [0.717, 1.165) is 5.69 Å². The lowest BCUT2D eigenvalue weighted by atomic mass is 10.2. The van der Waals surface area contributed by atoms with Crippen molar-refractivity contribution in [1.82, 2.24) is 0 Å². The fourth-order valence-corrected chi connectivity index (χ4v) is 2.08. The van der Waals surface area contributed by atoms with Gasteiger partial charge in [-0.1, -0.05) is 0 Å². The van der Waals surface area contributed by atoms with E-state index in [2.05, 4.69) is 0 Å². The predicted molar refractivity (Wildman–Crippen MR) is 58.9 cm³/mol. The normalized spacial score (nSPS) is 24.4. The summed E-state index contributed by atoms with van der Waals surface area (Å²) in [6.45, 7) is 0.275. The highest BCUT2D eigenvalue weighted by Gasteiger charge is 2.31. The molecule has 3 nitrogen and oxygen atoms in total. The van der Waals surface area contributed by atoms with Crippen molar-refractivity contribution in [2.75, 3.05) is 18.1 Å². The van der Waals surface area contributed by atoms with Crippen LogP contribution in [0.25, 0.3) is 0 Å². The van der Waals surface area contributed by atoms with E-state index in [0.29, 0.717) is 18.5 Å². The SMILES string of the molecule is N#Cc1ccc(N2C[C@@H](F)C[C@H]2CO)cc1. The lowest BCUT2D eigenvalue weighted by Crippen LogP contribution is -2.32. The van der Waals surface area contributed by atoms with Gasteiger partial charge in [0.1, 0.15) is 6.17 Å². The minimum Gasteiger partial charge on any atom is -0.394 e. The summed E-state index contributed by atoms with van der Waals surface area (Å²) in [6, 6.07) is 8.88. The zero-order chi connectivity index (χ0) is 11.5. The molecule has 1 aromatic rings. The number of aliphatic hydroxyl groups excluding tert-OH is 1. The Hall–Kier alpha value is -1.60. The maximum atomic E-state index is 13.2. The minimum atomic E-state index is -0.882. The number of nitrogens with zero attached hydrogens (tertiary/aromatic N) is 2. The van der Waals surface area contributed by atoms with E-state index in [-0.39, 0.29) is 12.6 Å². The molecule has 0 aliphatic carbocycles. The van der Waals surface area contributed by atoms with Crippen LogP contribution in [-0.2, 0) is 0 Å². The van der Waals surface area contributed by atoms with Crippen molar-refractivity contribution in [1.29, 1.82) is 5.26 Å². The largest absolute Gasteiger partial charge is 0.394 e. The molecule has 0 saturated carbocycles. The van der Waals surface area contributed by atoms with Crippen LogP contribution in [0.5, 0.6) is 0 Å². The molecular weight excluding hydrogens is 207 g/mol. The molecule has 1 aliphatic heterocycles. The number of hydrogen-bond donors (Lipinski definition) is 1. The molecule has 1 aromatic carbocycles. The Morgan fingerprint density at radius 1 is 1.44 bits per heavy atom. The van der Waals surface area contributed by atoms with Gasteiger partial charge in [0.05, 0.1) is 24.3 Å². The first-order valence-electron chi connectivity index (χ1n) is 5.26. The fraction of sp³-hybridized carbons (Fsp3) is 0.417. The van der Waals surface area contributed by atoms with Crippen LogP contribution in [-0.4, -0.2) is 30.5 Å². The van der Waals surface area contributed by atoms with E-state index in [1.54, 1.807) is 24.3 Å². The second kappa shape index (κ2) is 4.50. The van der Waals surface area contributed by atoms with E-state index in [1.165, 1.54) is 0 Å². The molecule has 2 atom stereocenters. The monoisotopic (exact) mass is 220 g/mol. The van der Waals surface area contributed by atoms with Crippen LogP contribution in [0.3, 0.4) is 0 Å². The van der Waals surface area contributed by atoms with E-state index in [9.17, 15) is 4.39 Å². The summed E-state index contributed by atoms with van der Waals surface area (Å²) in [5, 5.41) is 17.8. The molecule has 1 fully saturated rings. The zero-order valence-electron chi connectivity index (χ0n) is 8.81. The molecule has 0 amide bonds. The van der Waals surface area contributed by atoms with Crippen LogP contribution in [0.1, 0.15) is 12.0 Å². The first-order chi connectivity index (χ1) is 7.74. The van der Waals surface area contributed by atoms with Gasteiger partial charge in [-0.05, 0) is 24.3 Å². The highest BCUT2D eigenvalue weighted by atomic mass is 19.1. The third-order valence-electron chi connectivity index (χ3n) is 2.90. The highest BCUT2D eigenvalue weighted by Crippen LogP contribution is 2.27. The number of alkyl halides is 1. The van der Waals surface area contributed by atoms with Crippen molar-refractivity contribution in [3.05, 3.63) is 29.8 Å². The summed E-state index contributed by atoms with van der Waals surface area (Å²) in [5.41, 5.74) is 1.44. The smallest absolute Gasteiger partial charge is 0.120 e. The van der Waals surface area contributed by atoms with Gasteiger partial charge in [-0.2, -0.15) is 5.26 Å². The number of hydrogen-bond acceptors (Lipinski definition) is 3. The second-order valence-electron chi connectivity index (χ2n) is 3.98. The third-order valence-corrected chi connectivity index (χ3v) is 2.90.